The summed E-state index contributed by atoms with van der Waals surface area (Å²) in [6, 6.07) is 4.60. The predicted octanol–water partition coefficient (Wildman–Crippen LogP) is 4.17. The lowest BCUT2D eigenvalue weighted by Gasteiger charge is -2.18. The molecule has 1 rings (SSSR count). The lowest BCUT2D eigenvalue weighted by atomic mass is 10.0. The molecule has 1 aromatic carbocycles. The summed E-state index contributed by atoms with van der Waals surface area (Å²) in [5.74, 6) is -0.570. The van der Waals surface area contributed by atoms with Gasteiger partial charge in [-0.2, -0.15) is 0 Å². The summed E-state index contributed by atoms with van der Waals surface area (Å²) in [5.41, 5.74) is 0.606. The van der Waals surface area contributed by atoms with Crippen LogP contribution in [0.2, 0.25) is 0 Å². The van der Waals surface area contributed by atoms with E-state index < -0.39 is 11.2 Å². The van der Waals surface area contributed by atoms with Gasteiger partial charge in [0.15, 0.2) is 0 Å². The maximum absolute atomic E-state index is 12.4. The number of alkyl halides is 4. The first-order valence-electron chi connectivity index (χ1n) is 5.28. The Morgan fingerprint density at radius 3 is 2.50 bits per heavy atom. The van der Waals surface area contributed by atoms with Crippen LogP contribution in [0.4, 0.5) is 13.2 Å². The van der Waals surface area contributed by atoms with Crippen molar-refractivity contribution in [1.82, 2.24) is 0 Å². The van der Waals surface area contributed by atoms with Crippen LogP contribution in [0.1, 0.15) is 29.8 Å². The van der Waals surface area contributed by atoms with Crippen LogP contribution in [0.25, 0.3) is 0 Å². The Labute approximate surface area is 111 Å². The van der Waals surface area contributed by atoms with Gasteiger partial charge in [0.2, 0.25) is 0 Å². The predicted molar refractivity (Wildman–Crippen MR) is 64.9 cm³/mol. The Hall–Kier alpha value is -1.04. The van der Waals surface area contributed by atoms with Crippen LogP contribution in [0.3, 0.4) is 0 Å². The Balaban J connectivity index is 3.29. The van der Waals surface area contributed by atoms with Crippen molar-refractivity contribution in [3.05, 3.63) is 29.3 Å². The fourth-order valence-corrected chi connectivity index (χ4v) is 1.90. The Bertz CT molecular complexity index is 443. The molecule has 0 aliphatic carbocycles. The fourth-order valence-electron chi connectivity index (χ4n) is 1.54. The fraction of sp³-hybridized carbons (Fsp3) is 0.417. The number of carbonyl (C=O) groups excluding carboxylic acids is 1. The molecule has 0 radical (unpaired) electrons. The maximum atomic E-state index is 12.4. The summed E-state index contributed by atoms with van der Waals surface area (Å²) in [6.07, 6.45) is -4.39. The second kappa shape index (κ2) is 5.73. The number of benzene rings is 1. The third-order valence-electron chi connectivity index (χ3n) is 2.36. The summed E-state index contributed by atoms with van der Waals surface area (Å²) in [4.78, 5) is 10.5. The minimum absolute atomic E-state index is 0.194. The van der Waals surface area contributed by atoms with Gasteiger partial charge in [0.05, 0.1) is 0 Å². The van der Waals surface area contributed by atoms with E-state index in [-0.39, 0.29) is 17.1 Å². The highest BCUT2D eigenvalue weighted by Crippen LogP contribution is 2.37. The second-order valence-electron chi connectivity index (χ2n) is 3.71. The second-order valence-corrected chi connectivity index (χ2v) is 4.63. The van der Waals surface area contributed by atoms with Crippen LogP contribution < -0.4 is 4.74 Å². The van der Waals surface area contributed by atoms with E-state index in [4.69, 9.17) is 0 Å². The van der Waals surface area contributed by atoms with Crippen molar-refractivity contribution in [1.29, 1.82) is 0 Å². The first-order chi connectivity index (χ1) is 8.26. The summed E-state index contributed by atoms with van der Waals surface area (Å²) in [7, 11) is 0. The monoisotopic (exact) mass is 324 g/mol. The van der Waals surface area contributed by atoms with E-state index in [1.807, 2.05) is 0 Å². The van der Waals surface area contributed by atoms with Crippen LogP contribution in [0.5, 0.6) is 5.75 Å². The van der Waals surface area contributed by atoms with Gasteiger partial charge in [0.25, 0.3) is 0 Å². The van der Waals surface area contributed by atoms with Gasteiger partial charge in [0, 0.05) is 5.56 Å². The Morgan fingerprint density at radius 2 is 2.06 bits per heavy atom. The smallest absolute Gasteiger partial charge is 0.405 e. The first-order valence-corrected chi connectivity index (χ1v) is 6.20. The largest absolute Gasteiger partial charge is 0.573 e. The van der Waals surface area contributed by atoms with Crippen molar-refractivity contribution in [3.8, 4) is 5.75 Å². The summed E-state index contributed by atoms with van der Waals surface area (Å²) in [6.45, 7) is 3.02. The van der Waals surface area contributed by atoms with Gasteiger partial charge in [0.1, 0.15) is 16.4 Å². The summed E-state index contributed by atoms with van der Waals surface area (Å²) < 4.78 is 41.2. The molecule has 0 aliphatic rings. The summed E-state index contributed by atoms with van der Waals surface area (Å²) >= 11 is 3.08. The van der Waals surface area contributed by atoms with Crippen molar-refractivity contribution >= 4 is 21.7 Å². The van der Waals surface area contributed by atoms with Crippen molar-refractivity contribution < 1.29 is 22.7 Å². The van der Waals surface area contributed by atoms with E-state index >= 15 is 0 Å². The molecule has 0 fully saturated rings. The number of halogens is 4. The summed E-state index contributed by atoms with van der Waals surface area (Å²) in [5, 5.41) is 0. The quantitative estimate of drug-likeness (QED) is 0.777. The van der Waals surface area contributed by atoms with Crippen molar-refractivity contribution in [3.63, 3.8) is 0 Å². The van der Waals surface area contributed by atoms with Gasteiger partial charge in [-0.3, -0.25) is 4.79 Å². The zero-order chi connectivity index (χ0) is 13.9. The number of Topliss-reactive ketones (excluding diaryl/α,β-unsaturated/α-hetero) is 1. The molecule has 0 bridgehead atoms. The molecule has 6 heteroatoms. The molecule has 0 spiro atoms. The molecule has 0 aliphatic heterocycles. The topological polar surface area (TPSA) is 26.3 Å². The zero-order valence-corrected chi connectivity index (χ0v) is 11.4. The number of ether oxygens (including phenoxy) is 1. The number of rotatable bonds is 4. The maximum Gasteiger partial charge on any atom is 0.573 e. The molecule has 18 heavy (non-hydrogen) atoms. The van der Waals surface area contributed by atoms with E-state index in [1.165, 1.54) is 13.0 Å². The van der Waals surface area contributed by atoms with Crippen molar-refractivity contribution in [2.75, 3.05) is 0 Å². The van der Waals surface area contributed by atoms with E-state index in [9.17, 15) is 18.0 Å². The molecule has 100 valence electrons. The third-order valence-corrected chi connectivity index (χ3v) is 3.49. The van der Waals surface area contributed by atoms with Crippen LogP contribution in [-0.4, -0.2) is 12.1 Å². The van der Waals surface area contributed by atoms with Gasteiger partial charge in [-0.05, 0) is 18.9 Å². The molecule has 0 N–H and O–H groups in total. The molecular weight excluding hydrogens is 313 g/mol. The van der Waals surface area contributed by atoms with Gasteiger partial charge in [-0.25, -0.2) is 0 Å². The van der Waals surface area contributed by atoms with Gasteiger partial charge >= 0.3 is 6.36 Å². The molecule has 0 aromatic heterocycles. The van der Waals surface area contributed by atoms with Gasteiger partial charge in [-0.1, -0.05) is 41.1 Å². The van der Waals surface area contributed by atoms with Crippen molar-refractivity contribution in [2.45, 2.75) is 31.5 Å². The SMILES string of the molecule is CCc1cccc(C(Br)C(C)=O)c1OC(F)(F)F. The number of carbonyl (C=O) groups is 1. The van der Waals surface area contributed by atoms with E-state index in [0.29, 0.717) is 12.0 Å². The molecule has 1 atom stereocenters. The zero-order valence-electron chi connectivity index (χ0n) is 9.84. The third kappa shape index (κ3) is 3.73. The minimum Gasteiger partial charge on any atom is -0.405 e. The van der Waals surface area contributed by atoms with Crippen LogP contribution in [0, 0.1) is 0 Å². The molecule has 1 aromatic rings. The normalized spacial score (nSPS) is 13.2. The Morgan fingerprint density at radius 1 is 1.44 bits per heavy atom. The van der Waals surface area contributed by atoms with Gasteiger partial charge < -0.3 is 4.74 Å². The first kappa shape index (κ1) is 15.0. The number of aryl methyl sites for hydroxylation is 1. The number of para-hydroxylation sites is 1. The van der Waals surface area contributed by atoms with Crippen LogP contribution in [0.15, 0.2) is 18.2 Å². The van der Waals surface area contributed by atoms with Crippen molar-refractivity contribution in [2.24, 2.45) is 0 Å². The van der Waals surface area contributed by atoms with Crippen LogP contribution >= 0.6 is 15.9 Å². The lowest BCUT2D eigenvalue weighted by molar-refractivity contribution is -0.275. The minimum atomic E-state index is -4.77. The van der Waals surface area contributed by atoms with E-state index in [1.54, 1.807) is 19.1 Å². The Kier molecular flexibility index (Phi) is 4.78. The van der Waals surface area contributed by atoms with E-state index in [0.717, 1.165) is 0 Å². The molecular formula is C12H12BrF3O2. The lowest BCUT2D eigenvalue weighted by Crippen LogP contribution is -2.20. The number of hydrogen-bond donors (Lipinski definition) is 0. The highest BCUT2D eigenvalue weighted by atomic mass is 79.9. The molecule has 0 amide bonds. The highest BCUT2D eigenvalue weighted by Gasteiger charge is 2.34. The molecule has 0 saturated heterocycles. The number of ketones is 1. The van der Waals surface area contributed by atoms with E-state index in [2.05, 4.69) is 20.7 Å². The average Bonchev–Trinajstić information content (AvgIpc) is 2.26. The molecule has 1 unspecified atom stereocenters. The van der Waals surface area contributed by atoms with Gasteiger partial charge in [-0.15, -0.1) is 13.2 Å². The average molecular weight is 325 g/mol. The van der Waals surface area contributed by atoms with Crippen LogP contribution in [-0.2, 0) is 11.2 Å². The molecule has 0 saturated carbocycles. The molecule has 2 nitrogen and oxygen atoms in total. The molecule has 0 heterocycles. The standard InChI is InChI=1S/C12H12BrF3O2/c1-3-8-5-4-6-9(10(13)7(2)17)11(8)18-12(14,15)16/h4-6,10H,3H2,1-2H3. The highest BCUT2D eigenvalue weighted by molar-refractivity contribution is 9.09. The number of hydrogen-bond acceptors (Lipinski definition) is 2.